The van der Waals surface area contributed by atoms with Gasteiger partial charge in [-0.2, -0.15) is 0 Å². The number of amides is 3. The second-order valence-electron chi connectivity index (χ2n) is 6.30. The second-order valence-corrected chi connectivity index (χ2v) is 6.30. The van der Waals surface area contributed by atoms with Crippen LogP contribution in [0.25, 0.3) is 0 Å². The smallest absolute Gasteiger partial charge is 0.313 e. The average Bonchev–Trinajstić information content (AvgIpc) is 2.57. The molecule has 1 aromatic rings. The molecule has 0 aliphatic rings. The van der Waals surface area contributed by atoms with Gasteiger partial charge in [-0.15, -0.1) is 0 Å². The van der Waals surface area contributed by atoms with Gasteiger partial charge in [-0.25, -0.2) is 0 Å². The highest BCUT2D eigenvalue weighted by atomic mass is 16.2. The lowest BCUT2D eigenvalue weighted by molar-refractivity contribution is -0.136. The number of para-hydroxylation sites is 1. The van der Waals surface area contributed by atoms with E-state index >= 15 is 0 Å². The Morgan fingerprint density at radius 2 is 1.64 bits per heavy atom. The molecule has 0 radical (unpaired) electrons. The zero-order valence-corrected chi connectivity index (χ0v) is 15.4. The van der Waals surface area contributed by atoms with Crippen molar-refractivity contribution in [3.8, 4) is 0 Å². The summed E-state index contributed by atoms with van der Waals surface area (Å²) in [6.45, 7) is 6.33. The van der Waals surface area contributed by atoms with Gasteiger partial charge in [-0.1, -0.05) is 44.7 Å². The summed E-state index contributed by atoms with van der Waals surface area (Å²) < 4.78 is 0. The van der Waals surface area contributed by atoms with Crippen molar-refractivity contribution in [3.05, 3.63) is 29.8 Å². The normalized spacial score (nSPS) is 10.4. The van der Waals surface area contributed by atoms with Crippen molar-refractivity contribution in [3.63, 3.8) is 0 Å². The molecule has 0 aromatic heterocycles. The fourth-order valence-corrected chi connectivity index (χ4v) is 2.32. The fourth-order valence-electron chi connectivity index (χ4n) is 2.32. The van der Waals surface area contributed by atoms with E-state index in [-0.39, 0.29) is 11.9 Å². The fraction of sp³-hybridized carbons (Fsp3) is 0.526. The molecule has 6 heteroatoms. The van der Waals surface area contributed by atoms with Crippen LogP contribution in [-0.4, -0.2) is 30.3 Å². The average molecular weight is 347 g/mol. The van der Waals surface area contributed by atoms with E-state index in [1.54, 1.807) is 24.3 Å². The molecule has 1 aromatic carbocycles. The third kappa shape index (κ3) is 7.83. The van der Waals surface area contributed by atoms with Crippen molar-refractivity contribution < 1.29 is 14.4 Å². The Morgan fingerprint density at radius 3 is 2.32 bits per heavy atom. The van der Waals surface area contributed by atoms with Crippen LogP contribution in [-0.2, 0) is 9.59 Å². The quantitative estimate of drug-likeness (QED) is 0.474. The van der Waals surface area contributed by atoms with Crippen LogP contribution in [0.3, 0.4) is 0 Å². The van der Waals surface area contributed by atoms with E-state index in [1.165, 1.54) is 12.8 Å². The highest BCUT2D eigenvalue weighted by Gasteiger charge is 2.17. The van der Waals surface area contributed by atoms with Crippen molar-refractivity contribution in [2.24, 2.45) is 0 Å². The van der Waals surface area contributed by atoms with Crippen LogP contribution in [0.2, 0.25) is 0 Å². The minimum atomic E-state index is -0.765. The van der Waals surface area contributed by atoms with E-state index in [0.29, 0.717) is 17.8 Å². The summed E-state index contributed by atoms with van der Waals surface area (Å²) in [6.07, 6.45) is 5.37. The Morgan fingerprint density at radius 1 is 0.960 bits per heavy atom. The van der Waals surface area contributed by atoms with Crippen LogP contribution < -0.4 is 16.0 Å². The minimum absolute atomic E-state index is 0.0211. The molecule has 6 nitrogen and oxygen atoms in total. The standard InChI is InChI=1S/C19H29N3O3/c1-4-5-6-7-10-13-20-18(24)19(25)22-16-12-9-8-11-15(16)17(23)21-14(2)3/h8-9,11-12,14H,4-7,10,13H2,1-3H3,(H,20,24)(H,21,23)(H,22,25). The number of rotatable bonds is 9. The van der Waals surface area contributed by atoms with Gasteiger partial charge in [0.05, 0.1) is 11.3 Å². The van der Waals surface area contributed by atoms with Gasteiger partial charge in [0.15, 0.2) is 0 Å². The van der Waals surface area contributed by atoms with E-state index < -0.39 is 11.8 Å². The minimum Gasteiger partial charge on any atom is -0.350 e. The monoisotopic (exact) mass is 347 g/mol. The molecule has 0 aliphatic carbocycles. The van der Waals surface area contributed by atoms with E-state index in [9.17, 15) is 14.4 Å². The summed E-state index contributed by atoms with van der Waals surface area (Å²) in [5.74, 6) is -1.74. The van der Waals surface area contributed by atoms with Gasteiger partial charge in [-0.3, -0.25) is 14.4 Å². The third-order valence-electron chi connectivity index (χ3n) is 3.61. The lowest BCUT2D eigenvalue weighted by Gasteiger charge is -2.13. The molecule has 0 saturated heterocycles. The van der Waals surface area contributed by atoms with Crippen molar-refractivity contribution in [1.29, 1.82) is 0 Å². The van der Waals surface area contributed by atoms with Gasteiger partial charge >= 0.3 is 11.8 Å². The first-order valence-corrected chi connectivity index (χ1v) is 8.94. The summed E-state index contributed by atoms with van der Waals surface area (Å²) in [7, 11) is 0. The molecule has 0 bridgehead atoms. The number of benzene rings is 1. The van der Waals surface area contributed by atoms with E-state index in [0.717, 1.165) is 19.3 Å². The molecule has 0 spiro atoms. The molecule has 0 atom stereocenters. The Balaban J connectivity index is 2.53. The maximum Gasteiger partial charge on any atom is 0.313 e. The van der Waals surface area contributed by atoms with Crippen LogP contribution in [0, 0.1) is 0 Å². The van der Waals surface area contributed by atoms with Crippen LogP contribution in [0.15, 0.2) is 24.3 Å². The first kappa shape index (κ1) is 20.7. The topological polar surface area (TPSA) is 87.3 Å². The summed E-state index contributed by atoms with van der Waals surface area (Å²) in [5.41, 5.74) is 0.653. The predicted octanol–water partition coefficient (Wildman–Crippen LogP) is 2.85. The first-order valence-electron chi connectivity index (χ1n) is 8.94. The van der Waals surface area contributed by atoms with Gasteiger partial charge in [0.25, 0.3) is 5.91 Å². The number of nitrogens with one attached hydrogen (secondary N) is 3. The largest absolute Gasteiger partial charge is 0.350 e. The molecule has 0 fully saturated rings. The zero-order chi connectivity index (χ0) is 18.7. The van der Waals surface area contributed by atoms with Crippen molar-refractivity contribution in [2.45, 2.75) is 58.9 Å². The van der Waals surface area contributed by atoms with E-state index in [1.807, 2.05) is 13.8 Å². The van der Waals surface area contributed by atoms with Crippen LogP contribution in [0.4, 0.5) is 5.69 Å². The molecule has 0 saturated carbocycles. The molecule has 1 rings (SSSR count). The Labute approximate surface area is 149 Å². The summed E-state index contributed by atoms with van der Waals surface area (Å²) in [6, 6.07) is 6.60. The molecule has 138 valence electrons. The Kier molecular flexibility index (Phi) is 9.29. The van der Waals surface area contributed by atoms with Crippen LogP contribution >= 0.6 is 0 Å². The third-order valence-corrected chi connectivity index (χ3v) is 3.61. The van der Waals surface area contributed by atoms with Gasteiger partial charge in [0.1, 0.15) is 0 Å². The molecule has 3 amide bonds. The molecular weight excluding hydrogens is 318 g/mol. The summed E-state index contributed by atoms with van der Waals surface area (Å²) in [4.78, 5) is 36.1. The van der Waals surface area contributed by atoms with Crippen molar-refractivity contribution in [2.75, 3.05) is 11.9 Å². The number of hydrogen-bond acceptors (Lipinski definition) is 3. The molecule has 0 aliphatic heterocycles. The lowest BCUT2D eigenvalue weighted by Crippen LogP contribution is -2.37. The maximum absolute atomic E-state index is 12.2. The molecule has 25 heavy (non-hydrogen) atoms. The summed E-state index contributed by atoms with van der Waals surface area (Å²) >= 11 is 0. The van der Waals surface area contributed by atoms with Gasteiger partial charge in [-0.05, 0) is 32.4 Å². The number of hydrogen-bond donors (Lipinski definition) is 3. The van der Waals surface area contributed by atoms with Crippen LogP contribution in [0.1, 0.15) is 63.2 Å². The molecular formula is C19H29N3O3. The number of carbonyl (C=O) groups is 3. The second kappa shape index (κ2) is 11.2. The number of anilines is 1. The number of carbonyl (C=O) groups excluding carboxylic acids is 3. The van der Waals surface area contributed by atoms with Crippen molar-refractivity contribution in [1.82, 2.24) is 10.6 Å². The number of unbranched alkanes of at least 4 members (excludes halogenated alkanes) is 4. The lowest BCUT2D eigenvalue weighted by atomic mass is 10.1. The van der Waals surface area contributed by atoms with Crippen LogP contribution in [0.5, 0.6) is 0 Å². The van der Waals surface area contributed by atoms with Gasteiger partial charge in [0.2, 0.25) is 0 Å². The highest BCUT2D eigenvalue weighted by Crippen LogP contribution is 2.15. The highest BCUT2D eigenvalue weighted by molar-refractivity contribution is 6.40. The molecule has 3 N–H and O–H groups in total. The van der Waals surface area contributed by atoms with E-state index in [4.69, 9.17) is 0 Å². The maximum atomic E-state index is 12.2. The van der Waals surface area contributed by atoms with E-state index in [2.05, 4.69) is 22.9 Å². The Hall–Kier alpha value is -2.37. The zero-order valence-electron chi connectivity index (χ0n) is 15.4. The van der Waals surface area contributed by atoms with Gasteiger partial charge < -0.3 is 16.0 Å². The summed E-state index contributed by atoms with van der Waals surface area (Å²) in [5, 5.41) is 7.89. The van der Waals surface area contributed by atoms with Crippen molar-refractivity contribution >= 4 is 23.4 Å². The Bertz CT molecular complexity index is 585. The molecule has 0 unspecified atom stereocenters. The first-order chi connectivity index (χ1) is 12.0. The predicted molar refractivity (Wildman–Crippen MR) is 99.4 cm³/mol. The SMILES string of the molecule is CCCCCCCNC(=O)C(=O)Nc1ccccc1C(=O)NC(C)C. The van der Waals surface area contributed by atoms with Gasteiger partial charge in [0, 0.05) is 12.6 Å². The molecule has 0 heterocycles.